The van der Waals surface area contributed by atoms with Crippen molar-refractivity contribution in [3.63, 3.8) is 0 Å². The Bertz CT molecular complexity index is 1480. The van der Waals surface area contributed by atoms with Gasteiger partial charge in [0.1, 0.15) is 35.0 Å². The van der Waals surface area contributed by atoms with Crippen molar-refractivity contribution < 1.29 is 27.8 Å². The van der Waals surface area contributed by atoms with Gasteiger partial charge in [-0.25, -0.2) is 28.1 Å². The van der Waals surface area contributed by atoms with E-state index in [4.69, 9.17) is 19.3 Å². The van der Waals surface area contributed by atoms with Crippen molar-refractivity contribution in [1.82, 2.24) is 24.5 Å². The molecule has 0 aliphatic carbocycles. The van der Waals surface area contributed by atoms with Crippen LogP contribution < -0.4 is 15.0 Å². The Balaban J connectivity index is 1.48. The minimum Gasteiger partial charge on any atom is -0.493 e. The number of rotatable bonds is 5. The van der Waals surface area contributed by atoms with Gasteiger partial charge in [0.2, 0.25) is 0 Å². The highest BCUT2D eigenvalue weighted by atomic mass is 19.1. The second kappa shape index (κ2) is 11.3. The van der Waals surface area contributed by atoms with E-state index in [1.54, 1.807) is 26.8 Å². The predicted octanol–water partition coefficient (Wildman–Crippen LogP) is 3.41. The normalized spacial score (nSPS) is 19.6. The fourth-order valence-corrected chi connectivity index (χ4v) is 4.79. The number of anilines is 2. The summed E-state index contributed by atoms with van der Waals surface area (Å²) in [5.41, 5.74) is -0.303. The molecule has 5 heterocycles. The highest BCUT2D eigenvalue weighted by molar-refractivity contribution is 5.69. The molecule has 0 aromatic carbocycles. The second-order valence-electron chi connectivity index (χ2n) is 10.9. The van der Waals surface area contributed by atoms with E-state index in [9.17, 15) is 10.1 Å². The summed E-state index contributed by atoms with van der Waals surface area (Å²) < 4.78 is 48.3. The molecule has 0 spiro atoms. The number of piperidine rings is 1. The van der Waals surface area contributed by atoms with Crippen LogP contribution in [0.2, 0.25) is 0 Å². The zero-order chi connectivity index (χ0) is 29.3. The van der Waals surface area contributed by atoms with E-state index in [2.05, 4.69) is 15.3 Å². The lowest BCUT2D eigenvalue weighted by Crippen LogP contribution is -2.52. The van der Waals surface area contributed by atoms with Gasteiger partial charge in [-0.2, -0.15) is 5.26 Å². The summed E-state index contributed by atoms with van der Waals surface area (Å²) in [7, 11) is 1.54. The molecule has 2 unspecified atom stereocenters. The van der Waals surface area contributed by atoms with Crippen molar-refractivity contribution >= 4 is 23.4 Å². The summed E-state index contributed by atoms with van der Waals surface area (Å²) in [6.07, 6.45) is -0.408. The first-order valence-electron chi connectivity index (χ1n) is 13.3. The monoisotopic (exact) mass is 570 g/mol. The van der Waals surface area contributed by atoms with E-state index in [0.29, 0.717) is 43.5 Å². The quantitative estimate of drug-likeness (QED) is 0.487. The number of hydrogen-bond donors (Lipinski definition) is 1. The maximum atomic E-state index is 15.4. The zero-order valence-electron chi connectivity index (χ0n) is 23.4. The lowest BCUT2D eigenvalue weighted by molar-refractivity contribution is 0.0150. The molecule has 41 heavy (non-hydrogen) atoms. The number of imidazole rings is 1. The molecule has 2 aliphatic rings. The molecule has 14 heteroatoms. The van der Waals surface area contributed by atoms with Crippen LogP contribution in [0.3, 0.4) is 0 Å². The van der Waals surface area contributed by atoms with Crippen molar-refractivity contribution in [3.8, 4) is 23.2 Å². The van der Waals surface area contributed by atoms with Gasteiger partial charge in [-0.05, 0) is 33.3 Å². The third-order valence-electron chi connectivity index (χ3n) is 6.81. The lowest BCUT2D eigenvalue weighted by atomic mass is 10.0. The Morgan fingerprint density at radius 3 is 2.68 bits per heavy atom. The molecule has 1 N–H and O–H groups in total. The highest BCUT2D eigenvalue weighted by Gasteiger charge is 2.34. The van der Waals surface area contributed by atoms with Crippen molar-refractivity contribution in [1.29, 1.82) is 5.26 Å². The molecule has 0 radical (unpaired) electrons. The van der Waals surface area contributed by atoms with Gasteiger partial charge in [-0.1, -0.05) is 0 Å². The van der Waals surface area contributed by atoms with E-state index in [-0.39, 0.29) is 42.3 Å². The summed E-state index contributed by atoms with van der Waals surface area (Å²) in [4.78, 5) is 24.8. The van der Waals surface area contributed by atoms with Crippen LogP contribution in [-0.2, 0) is 9.47 Å². The number of nitriles is 1. The lowest BCUT2D eigenvalue weighted by Gasteiger charge is -2.36. The van der Waals surface area contributed by atoms with Gasteiger partial charge < -0.3 is 29.3 Å². The largest absolute Gasteiger partial charge is 0.493 e. The van der Waals surface area contributed by atoms with E-state index < -0.39 is 29.7 Å². The van der Waals surface area contributed by atoms with Gasteiger partial charge in [0.25, 0.3) is 0 Å². The summed E-state index contributed by atoms with van der Waals surface area (Å²) in [6, 6.07) is 3.76. The number of methoxy groups -OCH3 is 1. The number of fused-ring (bicyclic) bond motifs is 1. The molecule has 2 saturated heterocycles. The molecule has 5 rings (SSSR count). The molecule has 0 saturated carbocycles. The van der Waals surface area contributed by atoms with Crippen LogP contribution in [0.25, 0.3) is 17.0 Å². The van der Waals surface area contributed by atoms with Crippen molar-refractivity contribution in [2.45, 2.75) is 45.0 Å². The number of ether oxygens (including phenoxy) is 3. The standard InChI is InChI=1S/C27H32F2N8O4/c1-27(2,3)41-26(38)36-6-5-17(28)19(15-36)32-24-16(13-30)11-18(29)23(33-24)20-14-31-22-12-21(39-4)25(34-37(20)22)35-7-9-40-10-8-35/h11-12,14,17,19H,5-10,15H2,1-4H3,(H,32,33). The number of hydrogen-bond acceptors (Lipinski definition) is 10. The molecule has 1 amide bonds. The first kappa shape index (κ1) is 28.3. The van der Waals surface area contributed by atoms with E-state index in [1.807, 2.05) is 11.0 Å². The number of halogens is 2. The van der Waals surface area contributed by atoms with Crippen LogP contribution in [0.15, 0.2) is 18.3 Å². The van der Waals surface area contributed by atoms with Crippen LogP contribution >= 0.6 is 0 Å². The zero-order valence-corrected chi connectivity index (χ0v) is 23.4. The van der Waals surface area contributed by atoms with Gasteiger partial charge in [0, 0.05) is 32.2 Å². The molecule has 0 bridgehead atoms. The summed E-state index contributed by atoms with van der Waals surface area (Å²) in [5, 5.41) is 17.3. The van der Waals surface area contributed by atoms with E-state index in [1.165, 1.54) is 22.7 Å². The predicted molar refractivity (Wildman–Crippen MR) is 145 cm³/mol. The molecular formula is C27H32F2N8O4. The fourth-order valence-electron chi connectivity index (χ4n) is 4.79. The van der Waals surface area contributed by atoms with E-state index in [0.717, 1.165) is 6.07 Å². The average Bonchev–Trinajstić information content (AvgIpc) is 3.36. The van der Waals surface area contributed by atoms with Crippen molar-refractivity contribution in [2.75, 3.05) is 56.7 Å². The molecule has 2 aliphatic heterocycles. The number of likely N-dealkylation sites (tertiary alicyclic amines) is 1. The van der Waals surface area contributed by atoms with Crippen LogP contribution in [0.5, 0.6) is 5.75 Å². The minimum atomic E-state index is -1.34. The fraction of sp³-hybridized carbons (Fsp3) is 0.519. The minimum absolute atomic E-state index is 0.0144. The van der Waals surface area contributed by atoms with Gasteiger partial charge in [-0.3, -0.25) is 0 Å². The van der Waals surface area contributed by atoms with Gasteiger partial charge in [-0.15, -0.1) is 5.10 Å². The van der Waals surface area contributed by atoms with Crippen LogP contribution in [0.1, 0.15) is 32.8 Å². The Hall–Kier alpha value is -4.25. The van der Waals surface area contributed by atoms with Gasteiger partial charge in [0.05, 0.1) is 38.1 Å². The molecule has 2 atom stereocenters. The first-order valence-corrected chi connectivity index (χ1v) is 13.3. The number of aromatic nitrogens is 4. The van der Waals surface area contributed by atoms with Crippen molar-refractivity contribution in [2.24, 2.45) is 0 Å². The van der Waals surface area contributed by atoms with Gasteiger partial charge >= 0.3 is 6.09 Å². The Morgan fingerprint density at radius 2 is 2.00 bits per heavy atom. The third-order valence-corrected chi connectivity index (χ3v) is 6.81. The topological polar surface area (TPSA) is 130 Å². The van der Waals surface area contributed by atoms with Crippen molar-refractivity contribution in [3.05, 3.63) is 29.7 Å². The summed E-state index contributed by atoms with van der Waals surface area (Å²) in [6.45, 7) is 7.68. The number of amides is 1. The Kier molecular flexibility index (Phi) is 7.81. The summed E-state index contributed by atoms with van der Waals surface area (Å²) >= 11 is 0. The molecule has 3 aromatic heterocycles. The average molecular weight is 571 g/mol. The number of nitrogens with zero attached hydrogens (tertiary/aromatic N) is 7. The Morgan fingerprint density at radius 1 is 1.24 bits per heavy atom. The molecule has 218 valence electrons. The van der Waals surface area contributed by atoms with Crippen LogP contribution in [-0.4, -0.2) is 94.9 Å². The van der Waals surface area contributed by atoms with Gasteiger partial charge in [0.15, 0.2) is 23.0 Å². The van der Waals surface area contributed by atoms with Crippen LogP contribution in [0.4, 0.5) is 25.2 Å². The molecular weight excluding hydrogens is 538 g/mol. The molecule has 12 nitrogen and oxygen atoms in total. The Labute approximate surface area is 235 Å². The summed E-state index contributed by atoms with van der Waals surface area (Å²) in [5.74, 6) is 0.266. The first-order chi connectivity index (χ1) is 19.6. The number of morpholine rings is 1. The number of pyridine rings is 1. The number of alkyl halides is 1. The van der Waals surface area contributed by atoms with E-state index >= 15 is 8.78 Å². The number of nitrogens with one attached hydrogen (secondary N) is 1. The third kappa shape index (κ3) is 5.95. The highest BCUT2D eigenvalue weighted by Crippen LogP contribution is 2.32. The maximum Gasteiger partial charge on any atom is 0.410 e. The van der Waals surface area contributed by atoms with Crippen LogP contribution in [0, 0.1) is 17.1 Å². The molecule has 2 fully saturated rings. The number of carbonyl (C=O) groups excluding carboxylic acids is 1. The maximum absolute atomic E-state index is 15.4. The SMILES string of the molecule is COc1cc2ncc(-c3nc(NC4CN(C(=O)OC(C)(C)C)CCC4F)c(C#N)cc3F)n2nc1N1CCOCC1. The molecule has 3 aromatic rings. The number of carbonyl (C=O) groups is 1. The second-order valence-corrected chi connectivity index (χ2v) is 10.9. The smallest absolute Gasteiger partial charge is 0.410 e.